The summed E-state index contributed by atoms with van der Waals surface area (Å²) in [5.41, 5.74) is -2.30. The van der Waals surface area contributed by atoms with Gasteiger partial charge in [0.05, 0.1) is 48.6 Å². The zero-order chi connectivity index (χ0) is 53.5. The van der Waals surface area contributed by atoms with Crippen molar-refractivity contribution < 1.29 is 95.3 Å². The number of hydrogen-bond acceptors (Lipinski definition) is 21. The van der Waals surface area contributed by atoms with Crippen molar-refractivity contribution in [2.45, 2.75) is 33.4 Å². The third-order valence-electron chi connectivity index (χ3n) is 10.0. The molecule has 0 radical (unpaired) electrons. The maximum Gasteiger partial charge on any atom is 0.411 e. The fraction of sp³-hybridized carbons (Fsp3) is 0.150. The zero-order valence-electron chi connectivity index (χ0n) is 37.5. The molecule has 73 heavy (non-hydrogen) atoms. The molecule has 2 amide bonds. The molecule has 7 rings (SSSR count). The number of phenols is 2. The Kier molecular flexibility index (Phi) is 14.3. The second kappa shape index (κ2) is 19.8. The zero-order valence-corrected chi connectivity index (χ0v) is 40.7. The number of nitrogens with zero attached hydrogens (tertiary/aromatic N) is 6. The van der Waals surface area contributed by atoms with Crippen LogP contribution in [0.1, 0.15) is 13.8 Å². The molecule has 1 aromatic heterocycles. The molecule has 0 atom stereocenters. The summed E-state index contributed by atoms with van der Waals surface area (Å²) in [6, 6.07) is 12.7. The second-order valence-corrected chi connectivity index (χ2v) is 20.2. The fourth-order valence-electron chi connectivity index (χ4n) is 6.86. The number of azo groups is 2. The van der Waals surface area contributed by atoms with Crippen LogP contribution in [-0.4, -0.2) is 111 Å². The SMILES string of the molecule is CCOC(=O)Nc1cc(S(=O)(=O)O)cc2cc(S(=O)(=O)O)c(N=Nc3ccc(-n4on4-c4ccc(N=Nc5c(S(=O)(=O)O)cc6cc(S(=O)(=O)O)cc(NC(=O)OCC)c6c5O)c(OC)c4)cc3OC)c(O)c12. The van der Waals surface area contributed by atoms with Crippen LogP contribution in [0.2, 0.25) is 0 Å². The van der Waals surface area contributed by atoms with Gasteiger partial charge in [-0.3, -0.25) is 28.8 Å². The molecule has 0 aliphatic heterocycles. The van der Waals surface area contributed by atoms with Gasteiger partial charge < -0.3 is 29.2 Å². The molecule has 1 heterocycles. The highest BCUT2D eigenvalue weighted by Crippen LogP contribution is 2.48. The standard InChI is InChI=1S/C40H36N8O21S4/c1-5-67-39(51)41-27-17-23(70(53,54)55)11-19-13-31(72(59,60)61)35(37(49)33(19)27)45-43-25-9-7-21(15-29(25)65-3)47-48(69-47)22-8-10-26(30(16-22)66-4)44-46-36-32(73(62,63)64)14-20-12-24(71(56,57)58)18-28(34(20)38(36)50)42-40(52)68-6-2/h7-18,49-50H,5-6H2,1-4H3,(H,41,51)(H,42,52)(H,53,54,55)(H,56,57,58)(H,59,60,61)(H,62,63,64). The van der Waals surface area contributed by atoms with Gasteiger partial charge in [0.25, 0.3) is 40.5 Å². The minimum atomic E-state index is -5.25. The van der Waals surface area contributed by atoms with Crippen LogP contribution in [0.3, 0.4) is 0 Å². The van der Waals surface area contributed by atoms with Crippen molar-refractivity contribution in [3.63, 3.8) is 0 Å². The molecule has 0 spiro atoms. The molecule has 29 nitrogen and oxygen atoms in total. The maximum atomic E-state index is 12.6. The average molecular weight is 1090 g/mol. The van der Waals surface area contributed by atoms with E-state index < -0.39 is 128 Å². The number of carbonyl (C=O) groups is 2. The van der Waals surface area contributed by atoms with Crippen LogP contribution >= 0.6 is 0 Å². The molecule has 0 aliphatic carbocycles. The summed E-state index contributed by atoms with van der Waals surface area (Å²) in [7, 11) is -18.0. The van der Waals surface area contributed by atoms with E-state index in [0.717, 1.165) is 24.3 Å². The number of carbonyl (C=O) groups excluding carboxylic acids is 2. The third kappa shape index (κ3) is 11.2. The Morgan fingerprint density at radius 2 is 0.918 bits per heavy atom. The van der Waals surface area contributed by atoms with Crippen LogP contribution in [0.25, 0.3) is 32.9 Å². The van der Waals surface area contributed by atoms with Gasteiger partial charge in [0, 0.05) is 22.9 Å². The van der Waals surface area contributed by atoms with E-state index in [2.05, 4.69) is 31.1 Å². The number of ether oxygens (including phenoxy) is 4. The summed E-state index contributed by atoms with van der Waals surface area (Å²) >= 11 is 0. The van der Waals surface area contributed by atoms with Crippen LogP contribution in [0.4, 0.5) is 43.7 Å². The average Bonchev–Trinajstić information content (AvgIpc) is 4.10. The van der Waals surface area contributed by atoms with Crippen molar-refractivity contribution >= 4 is 108 Å². The Hall–Kier alpha value is -8.18. The van der Waals surface area contributed by atoms with E-state index in [1.807, 2.05) is 0 Å². The number of fused-ring (bicyclic) bond motifs is 2. The van der Waals surface area contributed by atoms with Crippen LogP contribution in [-0.2, 0) is 49.9 Å². The summed E-state index contributed by atoms with van der Waals surface area (Å²) in [4.78, 5) is 23.4. The lowest BCUT2D eigenvalue weighted by molar-refractivity contribution is 0.167. The van der Waals surface area contributed by atoms with Crippen molar-refractivity contribution in [1.82, 2.24) is 9.71 Å². The first kappa shape index (κ1) is 52.6. The Labute approximate surface area is 410 Å². The lowest BCUT2D eigenvalue weighted by Crippen LogP contribution is -2.14. The minimum Gasteiger partial charge on any atom is -0.505 e. The molecular weight excluding hydrogens is 1060 g/mol. The van der Waals surface area contributed by atoms with Gasteiger partial charge in [-0.05, 0) is 85.3 Å². The summed E-state index contributed by atoms with van der Waals surface area (Å²) in [5.74, 6) is -2.07. The van der Waals surface area contributed by atoms with E-state index in [-0.39, 0.29) is 47.5 Å². The van der Waals surface area contributed by atoms with E-state index in [4.69, 9.17) is 23.6 Å². The summed E-state index contributed by atoms with van der Waals surface area (Å²) < 4.78 is 164. The Balaban J connectivity index is 1.22. The first-order valence-corrected chi connectivity index (χ1v) is 25.9. The van der Waals surface area contributed by atoms with Crippen molar-refractivity contribution in [3.05, 3.63) is 72.8 Å². The van der Waals surface area contributed by atoms with E-state index in [1.54, 1.807) is 0 Å². The van der Waals surface area contributed by atoms with Gasteiger partial charge in [0.2, 0.25) is 0 Å². The van der Waals surface area contributed by atoms with Gasteiger partial charge >= 0.3 is 12.2 Å². The molecule has 6 aromatic carbocycles. The molecule has 0 bridgehead atoms. The topological polar surface area (TPSA) is 426 Å². The molecule has 0 saturated heterocycles. The summed E-state index contributed by atoms with van der Waals surface area (Å²) in [6.07, 6.45) is -2.25. The molecule has 7 aromatic rings. The van der Waals surface area contributed by atoms with Crippen LogP contribution in [0.5, 0.6) is 23.0 Å². The predicted molar refractivity (Wildman–Crippen MR) is 251 cm³/mol. The lowest BCUT2D eigenvalue weighted by Gasteiger charge is -2.14. The van der Waals surface area contributed by atoms with Crippen molar-refractivity contribution in [2.75, 3.05) is 38.1 Å². The second-order valence-electron chi connectivity index (χ2n) is 14.6. The molecule has 8 N–H and O–H groups in total. The van der Waals surface area contributed by atoms with Gasteiger partial charge in [0.15, 0.2) is 11.5 Å². The van der Waals surface area contributed by atoms with Crippen molar-refractivity contribution in [3.8, 4) is 34.4 Å². The van der Waals surface area contributed by atoms with E-state index in [9.17, 15) is 71.7 Å². The number of aromatic hydroxyl groups is 2. The number of hydrogen-bond donors (Lipinski definition) is 8. The summed E-state index contributed by atoms with van der Waals surface area (Å²) in [5, 5.41) is 41.3. The molecule has 0 fully saturated rings. The Morgan fingerprint density at radius 1 is 0.548 bits per heavy atom. The lowest BCUT2D eigenvalue weighted by atomic mass is 10.1. The monoisotopic (exact) mass is 1090 g/mol. The van der Waals surface area contributed by atoms with Crippen LogP contribution < -0.4 is 20.1 Å². The number of benzene rings is 6. The number of rotatable bonds is 16. The first-order valence-electron chi connectivity index (χ1n) is 20.1. The third-order valence-corrected chi connectivity index (χ3v) is 13.4. The number of methoxy groups -OCH3 is 2. The van der Waals surface area contributed by atoms with Crippen LogP contribution in [0.15, 0.2) is 117 Å². The highest BCUT2D eigenvalue weighted by molar-refractivity contribution is 7.86. The number of aromatic nitrogens is 2. The highest BCUT2D eigenvalue weighted by Gasteiger charge is 2.29. The number of nitrogens with one attached hydrogen (secondary N) is 2. The van der Waals surface area contributed by atoms with Gasteiger partial charge in [-0.2, -0.15) is 33.7 Å². The van der Waals surface area contributed by atoms with Crippen LogP contribution in [0, 0.1) is 0 Å². The Bertz CT molecular complexity index is 3690. The summed E-state index contributed by atoms with van der Waals surface area (Å²) in [6.45, 7) is 2.66. The molecule has 0 unspecified atom stereocenters. The highest BCUT2D eigenvalue weighted by atomic mass is 32.2. The van der Waals surface area contributed by atoms with E-state index in [0.29, 0.717) is 12.1 Å². The van der Waals surface area contributed by atoms with E-state index in [1.165, 1.54) is 74.2 Å². The van der Waals surface area contributed by atoms with E-state index >= 15 is 0 Å². The van der Waals surface area contributed by atoms with Gasteiger partial charge in [0.1, 0.15) is 55.4 Å². The van der Waals surface area contributed by atoms with Gasteiger partial charge in [-0.15, -0.1) is 20.5 Å². The molecule has 386 valence electrons. The van der Waals surface area contributed by atoms with Crippen molar-refractivity contribution in [1.29, 1.82) is 0 Å². The largest absolute Gasteiger partial charge is 0.505 e. The maximum absolute atomic E-state index is 12.6. The normalized spacial score (nSPS) is 12.5. The van der Waals surface area contributed by atoms with Gasteiger partial charge in [-0.1, -0.05) is 9.71 Å². The predicted octanol–water partition coefficient (Wildman–Crippen LogP) is 7.55. The van der Waals surface area contributed by atoms with Crippen molar-refractivity contribution in [2.24, 2.45) is 20.5 Å². The number of amides is 2. The molecule has 0 aliphatic rings. The minimum absolute atomic E-state index is 0.0231. The quantitative estimate of drug-likeness (QED) is 0.0342. The molecule has 33 heteroatoms. The fourth-order valence-corrected chi connectivity index (χ4v) is 9.26. The Morgan fingerprint density at radius 3 is 1.23 bits per heavy atom. The van der Waals surface area contributed by atoms with Gasteiger partial charge in [-0.25, -0.2) is 14.2 Å². The first-order chi connectivity index (χ1) is 34.2. The smallest absolute Gasteiger partial charge is 0.411 e. The molecule has 0 saturated carbocycles. The number of phenolic OH excluding ortho intramolecular Hbond substituents is 2. The number of anilines is 2. The molecular formula is C40H36N8O21S4.